The van der Waals surface area contributed by atoms with Crippen LogP contribution >= 0.6 is 0 Å². The molecule has 0 aliphatic rings. The van der Waals surface area contributed by atoms with Gasteiger partial charge in [0, 0.05) is 6.42 Å². The Kier molecular flexibility index (Phi) is 14.2. The van der Waals surface area contributed by atoms with E-state index >= 15 is 0 Å². The fraction of sp³-hybridized carbons (Fsp3) is 0.375. The maximum Gasteiger partial charge on any atom is 0.122 e. The van der Waals surface area contributed by atoms with Gasteiger partial charge < -0.3 is 9.84 Å². The first kappa shape index (κ1) is 29.0. The predicted octanol–water partition coefficient (Wildman–Crippen LogP) is 9.49. The molecule has 2 aromatic rings. The molecule has 0 aromatic heterocycles. The van der Waals surface area contributed by atoms with Crippen LogP contribution in [0.5, 0.6) is 5.75 Å². The van der Waals surface area contributed by atoms with Crippen LogP contribution in [0.2, 0.25) is 0 Å². The van der Waals surface area contributed by atoms with E-state index in [1.165, 1.54) is 46.2 Å². The minimum atomic E-state index is 0.289. The van der Waals surface area contributed by atoms with Gasteiger partial charge in [-0.15, -0.1) is 0 Å². The zero-order valence-electron chi connectivity index (χ0n) is 22.0. The lowest BCUT2D eigenvalue weighted by Gasteiger charge is -2.12. The van der Waals surface area contributed by atoms with Gasteiger partial charge in [-0.1, -0.05) is 74.7 Å². The first-order valence-electron chi connectivity index (χ1n) is 12.4. The van der Waals surface area contributed by atoms with Crippen molar-refractivity contribution in [3.05, 3.63) is 107 Å². The van der Waals surface area contributed by atoms with Crippen molar-refractivity contribution in [3.63, 3.8) is 0 Å². The zero-order valence-corrected chi connectivity index (χ0v) is 22.0. The Hall–Kier alpha value is -3.00. The summed E-state index contributed by atoms with van der Waals surface area (Å²) in [7, 11) is 0. The summed E-state index contributed by atoms with van der Waals surface area (Å²) in [5, 5.41) is 8.36. The number of benzene rings is 2. The van der Waals surface area contributed by atoms with Gasteiger partial charge in [0.1, 0.15) is 5.75 Å². The lowest BCUT2D eigenvalue weighted by molar-refractivity contribution is 0.303. The summed E-state index contributed by atoms with van der Waals surface area (Å²) in [6, 6.07) is 15.1. The lowest BCUT2D eigenvalue weighted by atomic mass is 9.93. The van der Waals surface area contributed by atoms with E-state index in [0.29, 0.717) is 0 Å². The molecule has 2 aromatic carbocycles. The molecule has 2 heteroatoms. The lowest BCUT2D eigenvalue weighted by Crippen LogP contribution is -1.99. The number of para-hydroxylation sites is 1. The van der Waals surface area contributed by atoms with Crippen LogP contribution in [0.25, 0.3) is 5.57 Å². The molecule has 0 saturated carbocycles. The molecule has 0 atom stereocenters. The molecule has 0 aliphatic carbocycles. The van der Waals surface area contributed by atoms with Gasteiger partial charge in [0.25, 0.3) is 0 Å². The molecule has 0 fully saturated rings. The van der Waals surface area contributed by atoms with Crippen molar-refractivity contribution in [2.75, 3.05) is 6.61 Å². The highest BCUT2D eigenvalue weighted by Gasteiger charge is 2.06. The maximum absolute atomic E-state index is 8.36. The average Bonchev–Trinajstić information content (AvgIpc) is 2.81. The Bertz CT molecular complexity index is 963. The van der Waals surface area contributed by atoms with Gasteiger partial charge in [-0.2, -0.15) is 0 Å². The maximum atomic E-state index is 8.36. The second-order valence-electron chi connectivity index (χ2n) is 8.69. The Labute approximate surface area is 208 Å². The fourth-order valence-electron chi connectivity index (χ4n) is 3.69. The van der Waals surface area contributed by atoms with Crippen LogP contribution in [-0.2, 0) is 6.42 Å². The summed E-state index contributed by atoms with van der Waals surface area (Å²) in [4.78, 5) is 0. The van der Waals surface area contributed by atoms with Crippen LogP contribution in [0.1, 0.15) is 75.1 Å². The van der Waals surface area contributed by atoms with Crippen molar-refractivity contribution in [1.29, 1.82) is 0 Å². The first-order chi connectivity index (χ1) is 16.3. The number of unbranched alkanes of at least 4 members (excludes halogenated alkanes) is 2. The van der Waals surface area contributed by atoms with Gasteiger partial charge in [0.15, 0.2) is 0 Å². The third-order valence-electron chi connectivity index (χ3n) is 5.64. The van der Waals surface area contributed by atoms with Gasteiger partial charge in [0.05, 0.1) is 12.4 Å². The van der Waals surface area contributed by atoms with Gasteiger partial charge in [-0.25, -0.2) is 0 Å². The summed E-state index contributed by atoms with van der Waals surface area (Å²) < 4.78 is 5.89. The molecule has 2 nitrogen and oxygen atoms in total. The summed E-state index contributed by atoms with van der Waals surface area (Å²) >= 11 is 0. The van der Waals surface area contributed by atoms with Crippen LogP contribution in [0.15, 0.2) is 85.2 Å². The molecule has 2 rings (SSSR count). The van der Waals surface area contributed by atoms with Gasteiger partial charge >= 0.3 is 0 Å². The van der Waals surface area contributed by atoms with Crippen molar-refractivity contribution in [2.24, 2.45) is 0 Å². The van der Waals surface area contributed by atoms with E-state index in [4.69, 9.17) is 9.84 Å². The number of rotatable bonds is 12. The molecule has 1 N–H and O–H groups in total. The average molecular weight is 461 g/mol. The predicted molar refractivity (Wildman–Crippen MR) is 150 cm³/mol. The van der Waals surface area contributed by atoms with Gasteiger partial charge in [-0.3, -0.25) is 0 Å². The number of allylic oxidation sites excluding steroid dienone is 6. The van der Waals surface area contributed by atoms with E-state index in [2.05, 4.69) is 77.3 Å². The molecule has 0 radical (unpaired) electrons. The molecule has 0 heterocycles. The van der Waals surface area contributed by atoms with E-state index in [1.807, 2.05) is 31.2 Å². The van der Waals surface area contributed by atoms with Crippen LogP contribution in [0.4, 0.5) is 0 Å². The normalized spacial score (nSPS) is 11.4. The van der Waals surface area contributed by atoms with Crippen molar-refractivity contribution in [1.82, 2.24) is 0 Å². The second-order valence-corrected chi connectivity index (χ2v) is 8.69. The summed E-state index contributed by atoms with van der Waals surface area (Å²) in [5.74, 6) is 1.30. The molecule has 0 aliphatic heterocycles. The highest BCUT2D eigenvalue weighted by Crippen LogP contribution is 2.26. The fourth-order valence-corrected chi connectivity index (χ4v) is 3.69. The first-order valence-corrected chi connectivity index (χ1v) is 12.4. The summed E-state index contributed by atoms with van der Waals surface area (Å²) in [6.07, 6.45) is 12.5. The topological polar surface area (TPSA) is 29.5 Å². The summed E-state index contributed by atoms with van der Waals surface area (Å²) in [6.45, 7) is 18.5. The van der Waals surface area contributed by atoms with E-state index < -0.39 is 0 Å². The standard InChI is InChI=1S/C27H34O.C5H10O/c1-6-13-25(21(3)7-2)26-18-17-24(20-23(26)5)15-9-8-12-19-28-27-16-11-10-14-22(27)4;1-3-4-5(2)6/h6-7,10-11,13-14,16-18,20H,2,8-9,12,15,19H2,1,3-5H3;6H,2-4H2,1H3/b13-6-,25-21+;. The van der Waals surface area contributed by atoms with Crippen LogP contribution in [-0.4, -0.2) is 11.7 Å². The number of ether oxygens (including phenoxy) is 1. The van der Waals surface area contributed by atoms with E-state index in [-0.39, 0.29) is 5.76 Å². The molecular formula is C32H44O2. The van der Waals surface area contributed by atoms with Crippen molar-refractivity contribution < 1.29 is 9.84 Å². The second kappa shape index (κ2) is 16.6. The minimum absolute atomic E-state index is 0.289. The van der Waals surface area contributed by atoms with E-state index in [9.17, 15) is 0 Å². The van der Waals surface area contributed by atoms with Crippen LogP contribution in [0.3, 0.4) is 0 Å². The smallest absolute Gasteiger partial charge is 0.122 e. The molecule has 0 unspecified atom stereocenters. The molecule has 0 saturated heterocycles. The molecular weight excluding hydrogens is 416 g/mol. The van der Waals surface area contributed by atoms with Crippen molar-refractivity contribution >= 4 is 5.57 Å². The monoisotopic (exact) mass is 460 g/mol. The van der Waals surface area contributed by atoms with Crippen molar-refractivity contribution in [2.45, 2.75) is 73.1 Å². The highest BCUT2D eigenvalue weighted by atomic mass is 16.5. The van der Waals surface area contributed by atoms with Crippen LogP contribution in [0, 0.1) is 13.8 Å². The molecule has 0 bridgehead atoms. The number of hydrogen-bond acceptors (Lipinski definition) is 2. The molecule has 0 spiro atoms. The van der Waals surface area contributed by atoms with Crippen LogP contribution < -0.4 is 4.74 Å². The quantitative estimate of drug-likeness (QED) is 0.194. The molecule has 0 amide bonds. The molecule has 34 heavy (non-hydrogen) atoms. The van der Waals surface area contributed by atoms with Gasteiger partial charge in [-0.05, 0) is 99.3 Å². The Morgan fingerprint density at radius 1 is 1.03 bits per heavy atom. The minimum Gasteiger partial charge on any atom is -0.513 e. The number of aryl methyl sites for hydroxylation is 3. The Balaban J connectivity index is 0.000000852. The third-order valence-corrected chi connectivity index (χ3v) is 5.64. The molecule has 184 valence electrons. The Morgan fingerprint density at radius 3 is 2.32 bits per heavy atom. The summed E-state index contributed by atoms with van der Waals surface area (Å²) in [5.41, 5.74) is 7.71. The zero-order chi connectivity index (χ0) is 25.3. The third kappa shape index (κ3) is 10.7. The van der Waals surface area contributed by atoms with Crippen molar-refractivity contribution in [3.8, 4) is 5.75 Å². The SMILES string of the molecule is C=C(O)CCC.C=C/C(C)=C(\C=C/C)c1ccc(CCCCCOc2ccccc2C)cc1C. The number of hydrogen-bond donors (Lipinski definition) is 1. The largest absolute Gasteiger partial charge is 0.513 e. The highest BCUT2D eigenvalue weighted by molar-refractivity contribution is 5.79. The Morgan fingerprint density at radius 2 is 1.76 bits per heavy atom. The number of aliphatic hydroxyl groups is 1. The van der Waals surface area contributed by atoms with E-state index in [1.54, 1.807) is 0 Å². The number of aliphatic hydroxyl groups excluding tert-OH is 1. The van der Waals surface area contributed by atoms with Gasteiger partial charge in [0.2, 0.25) is 0 Å². The van der Waals surface area contributed by atoms with E-state index in [0.717, 1.165) is 38.0 Å².